The van der Waals surface area contributed by atoms with E-state index in [1.54, 1.807) is 13.1 Å². The van der Waals surface area contributed by atoms with Crippen LogP contribution in [0.15, 0.2) is 54.9 Å². The number of ether oxygens (including phenoxy) is 1. The molecule has 0 spiro atoms. The van der Waals surface area contributed by atoms with E-state index in [-0.39, 0.29) is 5.95 Å². The third-order valence-electron chi connectivity index (χ3n) is 6.20. The molecule has 170 valence electrons. The first-order valence-corrected chi connectivity index (χ1v) is 11.6. The minimum absolute atomic E-state index is 0.348. The minimum Gasteiger partial charge on any atom is -0.493 e. The van der Waals surface area contributed by atoms with E-state index in [4.69, 9.17) is 4.74 Å². The number of rotatable bonds is 10. The van der Waals surface area contributed by atoms with Crippen molar-refractivity contribution in [3.05, 3.63) is 88.8 Å². The summed E-state index contributed by atoms with van der Waals surface area (Å²) < 4.78 is 19.4. The second-order valence-corrected chi connectivity index (χ2v) is 9.16. The molecule has 0 fully saturated rings. The Morgan fingerprint density at radius 1 is 0.875 bits per heavy atom. The summed E-state index contributed by atoms with van der Waals surface area (Å²) in [6.45, 7) is 11.2. The van der Waals surface area contributed by atoms with Gasteiger partial charge in [0.25, 0.3) is 0 Å². The molecule has 0 radical (unpaired) electrons. The Labute approximate surface area is 192 Å². The van der Waals surface area contributed by atoms with Crippen LogP contribution in [0.3, 0.4) is 0 Å². The fraction of sp³-hybridized carbons (Fsp3) is 0.429. The molecule has 3 rings (SSSR count). The van der Waals surface area contributed by atoms with Crippen molar-refractivity contribution < 1.29 is 9.13 Å². The van der Waals surface area contributed by atoms with Crippen molar-refractivity contribution in [2.45, 2.75) is 71.6 Å². The molecule has 3 aromatic rings. The van der Waals surface area contributed by atoms with Crippen molar-refractivity contribution in [2.24, 2.45) is 0 Å². The van der Waals surface area contributed by atoms with Crippen molar-refractivity contribution in [2.75, 3.05) is 6.61 Å². The van der Waals surface area contributed by atoms with Gasteiger partial charge in [0.15, 0.2) is 0 Å². The molecule has 0 N–H and O–H groups in total. The Hall–Kier alpha value is -2.75. The predicted octanol–water partition coefficient (Wildman–Crippen LogP) is 7.36. The van der Waals surface area contributed by atoms with Gasteiger partial charge in [-0.1, -0.05) is 39.8 Å². The van der Waals surface area contributed by atoms with Crippen molar-refractivity contribution in [1.29, 1.82) is 0 Å². The molecule has 2 heterocycles. The molecular weight excluding hydrogens is 399 g/mol. The first-order chi connectivity index (χ1) is 15.3. The minimum atomic E-state index is -0.379. The van der Waals surface area contributed by atoms with Gasteiger partial charge < -0.3 is 4.74 Å². The maximum Gasteiger partial charge on any atom is 0.215 e. The average molecular weight is 435 g/mol. The van der Waals surface area contributed by atoms with Crippen LogP contribution in [0, 0.1) is 12.9 Å². The topological polar surface area (TPSA) is 35.0 Å². The molecule has 4 heteroatoms. The van der Waals surface area contributed by atoms with Crippen LogP contribution < -0.4 is 4.74 Å². The molecule has 3 nitrogen and oxygen atoms in total. The van der Waals surface area contributed by atoms with Crippen LogP contribution >= 0.6 is 0 Å². The van der Waals surface area contributed by atoms with Gasteiger partial charge >= 0.3 is 0 Å². The van der Waals surface area contributed by atoms with Gasteiger partial charge in [-0.25, -0.2) is 4.98 Å². The molecule has 2 unspecified atom stereocenters. The van der Waals surface area contributed by atoms with E-state index in [0.717, 1.165) is 36.3 Å². The SMILES string of the molecule is Cc1cc(C(C)CCC(C)c2ccnc(CCOc3cccc(C(C)C)c3)c2)cnc1F. The summed E-state index contributed by atoms with van der Waals surface area (Å²) in [5.41, 5.74) is 5.36. The summed E-state index contributed by atoms with van der Waals surface area (Å²) in [7, 11) is 0. The highest BCUT2D eigenvalue weighted by Crippen LogP contribution is 2.28. The highest BCUT2D eigenvalue weighted by Gasteiger charge is 2.13. The summed E-state index contributed by atoms with van der Waals surface area (Å²) in [5.74, 6) is 1.80. The van der Waals surface area contributed by atoms with Gasteiger partial charge in [0, 0.05) is 30.1 Å². The second-order valence-electron chi connectivity index (χ2n) is 9.16. The van der Waals surface area contributed by atoms with Gasteiger partial charge in [-0.3, -0.25) is 4.98 Å². The fourth-order valence-electron chi connectivity index (χ4n) is 3.86. The Morgan fingerprint density at radius 2 is 1.62 bits per heavy atom. The van der Waals surface area contributed by atoms with Crippen molar-refractivity contribution in [3.63, 3.8) is 0 Å². The van der Waals surface area contributed by atoms with Gasteiger partial charge in [-0.15, -0.1) is 0 Å². The summed E-state index contributed by atoms with van der Waals surface area (Å²) in [4.78, 5) is 8.41. The second kappa shape index (κ2) is 11.2. The zero-order chi connectivity index (χ0) is 23.1. The predicted molar refractivity (Wildman–Crippen MR) is 129 cm³/mol. The number of benzene rings is 1. The lowest BCUT2D eigenvalue weighted by atomic mass is 9.89. The zero-order valence-corrected chi connectivity index (χ0v) is 19.9. The van der Waals surface area contributed by atoms with Crippen LogP contribution in [0.5, 0.6) is 5.75 Å². The summed E-state index contributed by atoms with van der Waals surface area (Å²) >= 11 is 0. The van der Waals surface area contributed by atoms with Gasteiger partial charge in [0.05, 0.1) is 6.61 Å². The standard InChI is InChI=1S/C28H35FN2O/c1-19(2)23-7-6-8-27(17-23)32-14-12-26-16-24(11-13-30-26)20(3)9-10-21(4)25-15-22(5)28(29)31-18-25/h6-8,11,13,15-21H,9-10,12,14H2,1-5H3. The van der Waals surface area contributed by atoms with Crippen LogP contribution in [-0.2, 0) is 6.42 Å². The number of aromatic nitrogens is 2. The molecule has 0 saturated carbocycles. The van der Waals surface area contributed by atoms with Crippen molar-refractivity contribution >= 4 is 0 Å². The molecule has 2 aromatic heterocycles. The van der Waals surface area contributed by atoms with Gasteiger partial charge in [0.2, 0.25) is 5.95 Å². The summed E-state index contributed by atoms with van der Waals surface area (Å²) in [6.07, 6.45) is 6.43. The number of pyridine rings is 2. The number of hydrogen-bond acceptors (Lipinski definition) is 3. The summed E-state index contributed by atoms with van der Waals surface area (Å²) in [5, 5.41) is 0. The van der Waals surface area contributed by atoms with E-state index in [1.807, 2.05) is 18.3 Å². The highest BCUT2D eigenvalue weighted by atomic mass is 19.1. The number of hydrogen-bond donors (Lipinski definition) is 0. The molecule has 0 saturated heterocycles. The molecule has 0 aliphatic heterocycles. The van der Waals surface area contributed by atoms with Crippen LogP contribution in [0.4, 0.5) is 4.39 Å². The van der Waals surface area contributed by atoms with E-state index in [9.17, 15) is 4.39 Å². The Balaban J connectivity index is 1.52. The Bertz CT molecular complexity index is 1020. The molecule has 1 aromatic carbocycles. The van der Waals surface area contributed by atoms with Crippen molar-refractivity contribution in [1.82, 2.24) is 9.97 Å². The van der Waals surface area contributed by atoms with Gasteiger partial charge in [-0.2, -0.15) is 4.39 Å². The van der Waals surface area contributed by atoms with Gasteiger partial charge in [-0.05, 0) is 84.5 Å². The summed E-state index contributed by atoms with van der Waals surface area (Å²) in [6, 6.07) is 14.5. The largest absolute Gasteiger partial charge is 0.493 e. The van der Waals surface area contributed by atoms with E-state index in [1.165, 1.54) is 11.1 Å². The molecule has 32 heavy (non-hydrogen) atoms. The molecule has 2 atom stereocenters. The quantitative estimate of drug-likeness (QED) is 0.313. The van der Waals surface area contributed by atoms with E-state index in [2.05, 4.69) is 68.0 Å². The lowest BCUT2D eigenvalue weighted by molar-refractivity contribution is 0.320. The Morgan fingerprint density at radius 3 is 2.34 bits per heavy atom. The molecular formula is C28H35FN2O. The van der Waals surface area contributed by atoms with Gasteiger partial charge in [0.1, 0.15) is 5.75 Å². The van der Waals surface area contributed by atoms with Crippen LogP contribution in [0.1, 0.15) is 86.2 Å². The maximum atomic E-state index is 13.4. The fourth-order valence-corrected chi connectivity index (χ4v) is 3.86. The molecule has 0 bridgehead atoms. The van der Waals surface area contributed by atoms with Crippen LogP contribution in [0.2, 0.25) is 0 Å². The first-order valence-electron chi connectivity index (χ1n) is 11.6. The lowest BCUT2D eigenvalue weighted by Crippen LogP contribution is -2.05. The molecule has 0 aliphatic carbocycles. The normalized spacial score (nSPS) is 13.2. The van der Waals surface area contributed by atoms with E-state index >= 15 is 0 Å². The number of aryl methyl sites for hydroxylation is 1. The highest BCUT2D eigenvalue weighted by molar-refractivity contribution is 5.30. The number of halogens is 1. The Kier molecular flexibility index (Phi) is 8.38. The van der Waals surface area contributed by atoms with E-state index < -0.39 is 0 Å². The van der Waals surface area contributed by atoms with E-state index in [0.29, 0.717) is 29.9 Å². The zero-order valence-electron chi connectivity index (χ0n) is 19.9. The maximum absolute atomic E-state index is 13.4. The smallest absolute Gasteiger partial charge is 0.215 e. The molecule has 0 amide bonds. The third kappa shape index (κ3) is 6.62. The van der Waals surface area contributed by atoms with Crippen molar-refractivity contribution in [3.8, 4) is 5.75 Å². The number of nitrogens with zero attached hydrogens (tertiary/aromatic N) is 2. The third-order valence-corrected chi connectivity index (χ3v) is 6.20. The molecule has 0 aliphatic rings. The van der Waals surface area contributed by atoms with Crippen LogP contribution in [0.25, 0.3) is 0 Å². The lowest BCUT2D eigenvalue weighted by Gasteiger charge is -2.17. The monoisotopic (exact) mass is 434 g/mol. The van der Waals surface area contributed by atoms with Crippen LogP contribution in [-0.4, -0.2) is 16.6 Å². The average Bonchev–Trinajstić information content (AvgIpc) is 2.79. The first kappa shape index (κ1) is 23.9.